The Balaban J connectivity index is 1.29. The van der Waals surface area contributed by atoms with Crippen molar-refractivity contribution in [3.8, 4) is 11.5 Å². The number of amides is 1. The maximum absolute atomic E-state index is 12.9. The van der Waals surface area contributed by atoms with Gasteiger partial charge in [0.2, 0.25) is 5.91 Å². The molecule has 5 rings (SSSR count). The molecule has 0 aliphatic carbocycles. The number of aromatic nitrogens is 2. The highest BCUT2D eigenvalue weighted by Crippen LogP contribution is 2.33. The molecule has 1 aromatic heterocycles. The minimum atomic E-state index is 0.0704. The number of carbonyl (C=O) groups excluding carboxylic acids is 1. The minimum Gasteiger partial charge on any atom is -0.493 e. The maximum Gasteiger partial charge on any atom is 0.227 e. The third-order valence-corrected chi connectivity index (χ3v) is 6.62. The van der Waals surface area contributed by atoms with Crippen molar-refractivity contribution in [2.45, 2.75) is 38.6 Å². The van der Waals surface area contributed by atoms with E-state index in [4.69, 9.17) is 14.5 Å². The normalized spacial score (nSPS) is 15.7. The van der Waals surface area contributed by atoms with E-state index >= 15 is 0 Å². The van der Waals surface area contributed by atoms with Gasteiger partial charge in [-0.3, -0.25) is 4.79 Å². The van der Waals surface area contributed by atoms with Crippen LogP contribution in [0, 0.1) is 6.92 Å². The Bertz CT molecular complexity index is 1310. The van der Waals surface area contributed by atoms with Crippen LogP contribution in [0.2, 0.25) is 0 Å². The molecular weight excluding hydrogens is 438 g/mol. The third-order valence-electron chi connectivity index (χ3n) is 6.62. The number of para-hydroxylation sites is 4. The molecule has 3 aromatic carbocycles. The number of aryl methyl sites for hydroxylation is 2. The molecule has 6 nitrogen and oxygen atoms in total. The van der Waals surface area contributed by atoms with Crippen molar-refractivity contribution in [3.63, 3.8) is 0 Å². The largest absolute Gasteiger partial charge is 0.493 e. The molecule has 0 spiro atoms. The summed E-state index contributed by atoms with van der Waals surface area (Å²) in [6.07, 6.45) is 2.34. The standard InChI is InChI=1S/C29H31N3O3/c1-21-13-15-23(16-14-21)32-20-22(19-28(32)33)29-30-24-9-3-4-10-25(24)31(29)17-7-8-18-35-27-12-6-5-11-26(27)34-2/h3-6,9-16,22H,7-8,17-20H2,1-2H3. The van der Waals surface area contributed by atoms with Gasteiger partial charge in [0.1, 0.15) is 5.82 Å². The molecule has 1 aliphatic heterocycles. The summed E-state index contributed by atoms with van der Waals surface area (Å²) >= 11 is 0. The van der Waals surface area contributed by atoms with E-state index in [1.54, 1.807) is 7.11 Å². The van der Waals surface area contributed by atoms with E-state index in [0.29, 0.717) is 19.6 Å². The van der Waals surface area contributed by atoms with Gasteiger partial charge in [-0.15, -0.1) is 0 Å². The summed E-state index contributed by atoms with van der Waals surface area (Å²) in [6, 6.07) is 24.1. The number of methoxy groups -OCH3 is 1. The zero-order valence-corrected chi connectivity index (χ0v) is 20.3. The minimum absolute atomic E-state index is 0.0704. The molecule has 1 fully saturated rings. The van der Waals surface area contributed by atoms with Crippen LogP contribution >= 0.6 is 0 Å². The average molecular weight is 470 g/mol. The van der Waals surface area contributed by atoms with Crippen LogP contribution in [0.5, 0.6) is 11.5 Å². The van der Waals surface area contributed by atoms with Crippen molar-refractivity contribution in [1.29, 1.82) is 0 Å². The lowest BCUT2D eigenvalue weighted by Gasteiger charge is -2.18. The van der Waals surface area contributed by atoms with Crippen LogP contribution in [0.1, 0.15) is 36.6 Å². The molecule has 0 radical (unpaired) electrons. The van der Waals surface area contributed by atoms with Gasteiger partial charge in [-0.1, -0.05) is 42.0 Å². The number of anilines is 1. The Morgan fingerprint density at radius 1 is 0.943 bits per heavy atom. The molecular formula is C29H31N3O3. The van der Waals surface area contributed by atoms with E-state index in [1.165, 1.54) is 5.56 Å². The predicted octanol–water partition coefficient (Wildman–Crippen LogP) is 5.73. The molecule has 180 valence electrons. The van der Waals surface area contributed by atoms with Gasteiger partial charge in [-0.25, -0.2) is 4.98 Å². The van der Waals surface area contributed by atoms with Crippen LogP contribution in [-0.2, 0) is 11.3 Å². The number of ether oxygens (including phenoxy) is 2. The average Bonchev–Trinajstić information content (AvgIpc) is 3.45. The Labute approximate surface area is 206 Å². The monoisotopic (exact) mass is 469 g/mol. The molecule has 0 bridgehead atoms. The highest BCUT2D eigenvalue weighted by atomic mass is 16.5. The van der Waals surface area contributed by atoms with Gasteiger partial charge in [-0.2, -0.15) is 0 Å². The molecule has 0 N–H and O–H groups in total. The van der Waals surface area contributed by atoms with Gasteiger partial charge in [-0.05, 0) is 56.2 Å². The third kappa shape index (κ3) is 4.87. The van der Waals surface area contributed by atoms with Crippen molar-refractivity contribution in [3.05, 3.63) is 84.2 Å². The van der Waals surface area contributed by atoms with Crippen molar-refractivity contribution in [2.24, 2.45) is 0 Å². The number of rotatable bonds is 9. The summed E-state index contributed by atoms with van der Waals surface area (Å²) in [4.78, 5) is 19.8. The Hall–Kier alpha value is -3.80. The first-order valence-electron chi connectivity index (χ1n) is 12.2. The SMILES string of the molecule is COc1ccccc1OCCCCn1c(C2CC(=O)N(c3ccc(C)cc3)C2)nc2ccccc21. The second-order valence-corrected chi connectivity index (χ2v) is 9.06. The second kappa shape index (κ2) is 10.2. The van der Waals surface area contributed by atoms with Crippen LogP contribution in [-0.4, -0.2) is 35.7 Å². The molecule has 35 heavy (non-hydrogen) atoms. The van der Waals surface area contributed by atoms with Gasteiger partial charge < -0.3 is 18.9 Å². The summed E-state index contributed by atoms with van der Waals surface area (Å²) in [5.74, 6) is 2.74. The number of hydrogen-bond donors (Lipinski definition) is 0. The summed E-state index contributed by atoms with van der Waals surface area (Å²) < 4.78 is 13.6. The lowest BCUT2D eigenvalue weighted by atomic mass is 10.1. The molecule has 1 amide bonds. The Morgan fingerprint density at radius 2 is 1.69 bits per heavy atom. The summed E-state index contributed by atoms with van der Waals surface area (Å²) in [7, 11) is 1.65. The van der Waals surface area contributed by atoms with Crippen molar-refractivity contribution in [1.82, 2.24) is 9.55 Å². The van der Waals surface area contributed by atoms with E-state index in [-0.39, 0.29) is 11.8 Å². The van der Waals surface area contributed by atoms with Gasteiger partial charge >= 0.3 is 0 Å². The quantitative estimate of drug-likeness (QED) is 0.294. The number of imidazole rings is 1. The first kappa shape index (κ1) is 23.0. The second-order valence-electron chi connectivity index (χ2n) is 9.06. The highest BCUT2D eigenvalue weighted by molar-refractivity contribution is 5.96. The molecule has 4 aromatic rings. The van der Waals surface area contributed by atoms with E-state index in [9.17, 15) is 4.79 Å². The van der Waals surface area contributed by atoms with E-state index in [1.807, 2.05) is 53.4 Å². The fraction of sp³-hybridized carbons (Fsp3) is 0.310. The van der Waals surface area contributed by atoms with Crippen LogP contribution in [0.15, 0.2) is 72.8 Å². The smallest absolute Gasteiger partial charge is 0.227 e. The first-order valence-corrected chi connectivity index (χ1v) is 12.2. The fourth-order valence-corrected chi connectivity index (χ4v) is 4.79. The Kier molecular flexibility index (Phi) is 6.70. The molecule has 1 atom stereocenters. The van der Waals surface area contributed by atoms with Gasteiger partial charge in [0, 0.05) is 31.1 Å². The molecule has 1 aliphatic rings. The number of unbranched alkanes of at least 4 members (excludes halogenated alkanes) is 1. The topological polar surface area (TPSA) is 56.6 Å². The summed E-state index contributed by atoms with van der Waals surface area (Å²) in [5, 5.41) is 0. The number of fused-ring (bicyclic) bond motifs is 1. The first-order chi connectivity index (χ1) is 17.1. The fourth-order valence-electron chi connectivity index (χ4n) is 4.79. The summed E-state index contributed by atoms with van der Waals surface area (Å²) in [6.45, 7) is 4.16. The van der Waals surface area contributed by atoms with E-state index < -0.39 is 0 Å². The molecule has 1 saturated heterocycles. The summed E-state index contributed by atoms with van der Waals surface area (Å²) in [5.41, 5.74) is 4.25. The Morgan fingerprint density at radius 3 is 2.49 bits per heavy atom. The molecule has 6 heteroatoms. The van der Waals surface area contributed by atoms with E-state index in [0.717, 1.165) is 53.4 Å². The zero-order valence-electron chi connectivity index (χ0n) is 20.3. The zero-order chi connectivity index (χ0) is 24.2. The van der Waals surface area contributed by atoms with Crippen LogP contribution in [0.3, 0.4) is 0 Å². The van der Waals surface area contributed by atoms with Crippen LogP contribution < -0.4 is 14.4 Å². The van der Waals surface area contributed by atoms with Gasteiger partial charge in [0.05, 0.1) is 24.8 Å². The predicted molar refractivity (Wildman–Crippen MR) is 138 cm³/mol. The molecule has 0 saturated carbocycles. The highest BCUT2D eigenvalue weighted by Gasteiger charge is 2.34. The lowest BCUT2D eigenvalue weighted by molar-refractivity contribution is -0.117. The molecule has 2 heterocycles. The number of hydrogen-bond acceptors (Lipinski definition) is 4. The van der Waals surface area contributed by atoms with Crippen molar-refractivity contribution >= 4 is 22.6 Å². The van der Waals surface area contributed by atoms with E-state index in [2.05, 4.69) is 35.8 Å². The van der Waals surface area contributed by atoms with Crippen molar-refractivity contribution in [2.75, 3.05) is 25.2 Å². The number of carbonyl (C=O) groups is 1. The van der Waals surface area contributed by atoms with Crippen LogP contribution in [0.25, 0.3) is 11.0 Å². The van der Waals surface area contributed by atoms with Crippen LogP contribution in [0.4, 0.5) is 5.69 Å². The lowest BCUT2D eigenvalue weighted by Crippen LogP contribution is -2.24. The van der Waals surface area contributed by atoms with Gasteiger partial charge in [0.25, 0.3) is 0 Å². The van der Waals surface area contributed by atoms with Crippen molar-refractivity contribution < 1.29 is 14.3 Å². The number of benzene rings is 3. The number of nitrogens with zero attached hydrogens (tertiary/aromatic N) is 3. The maximum atomic E-state index is 12.9. The van der Waals surface area contributed by atoms with Gasteiger partial charge in [0.15, 0.2) is 11.5 Å². The molecule has 1 unspecified atom stereocenters.